The molecule has 0 aromatic rings. The standard InChI is InChI=1S/C65H121N2O7P/c1-7-10-13-16-19-22-25-28-30-31-32-33-34-35-36-37-38-40-43-46-49-52-55-58-65(69)74-63(56-53-50-47-44-41-27-24-21-18-15-12-9-3)62(61-73-75(70,71)72-60-59-67(4,5)6)66-64(68)57-54-51-48-45-42-39-29-26-23-20-17-14-11-8-2/h11,14,19-20,22-23,28,30,53,56,62-63H,7-10,12-13,15-18,21,24-27,29,31-52,54-55,57-61H2,1-6H3,(H-,66,68,70,71)/p+1/b14-11+,22-19-,23-20+,30-28-,56-53-. The Morgan fingerprint density at radius 2 is 0.853 bits per heavy atom. The molecular formula is C65H122N2O7P+. The number of carbonyl (C=O) groups is 2. The van der Waals surface area contributed by atoms with Crippen molar-refractivity contribution in [3.8, 4) is 0 Å². The molecule has 0 aromatic heterocycles. The maximum Gasteiger partial charge on any atom is 0.472 e. The van der Waals surface area contributed by atoms with Gasteiger partial charge in [-0.05, 0) is 89.5 Å². The molecule has 3 atom stereocenters. The number of nitrogens with zero attached hydrogens (tertiary/aromatic N) is 1. The Hall–Kier alpha value is -2.29. The summed E-state index contributed by atoms with van der Waals surface area (Å²) in [5.41, 5.74) is 0. The number of esters is 1. The second kappa shape index (κ2) is 55.0. The number of likely N-dealkylation sites (N-methyl/N-ethyl adjacent to an activating group) is 1. The number of hydrogen-bond acceptors (Lipinski definition) is 6. The maximum atomic E-state index is 13.5. The van der Waals surface area contributed by atoms with Crippen LogP contribution in [0.1, 0.15) is 290 Å². The number of allylic oxidation sites excluding steroid dienone is 9. The third kappa shape index (κ3) is 56.2. The molecule has 0 fully saturated rings. The van der Waals surface area contributed by atoms with Crippen LogP contribution in [0, 0.1) is 0 Å². The minimum atomic E-state index is -4.45. The summed E-state index contributed by atoms with van der Waals surface area (Å²) in [7, 11) is 1.49. The van der Waals surface area contributed by atoms with E-state index >= 15 is 0 Å². The van der Waals surface area contributed by atoms with Gasteiger partial charge >= 0.3 is 13.8 Å². The normalized spacial score (nSPS) is 14.1. The summed E-state index contributed by atoms with van der Waals surface area (Å²) in [6.45, 7) is 6.89. The van der Waals surface area contributed by atoms with Crippen LogP contribution in [0.25, 0.3) is 0 Å². The first kappa shape index (κ1) is 72.7. The van der Waals surface area contributed by atoms with Crippen molar-refractivity contribution in [2.45, 2.75) is 303 Å². The largest absolute Gasteiger partial charge is 0.472 e. The predicted molar refractivity (Wildman–Crippen MR) is 323 cm³/mol. The van der Waals surface area contributed by atoms with E-state index in [1.807, 2.05) is 33.3 Å². The molecule has 10 heteroatoms. The average molecular weight is 1070 g/mol. The van der Waals surface area contributed by atoms with Crippen molar-refractivity contribution in [2.75, 3.05) is 40.9 Å². The van der Waals surface area contributed by atoms with Crippen LogP contribution >= 0.6 is 7.82 Å². The number of phosphoric acid groups is 1. The van der Waals surface area contributed by atoms with Crippen LogP contribution < -0.4 is 5.32 Å². The Morgan fingerprint density at radius 1 is 0.480 bits per heavy atom. The van der Waals surface area contributed by atoms with Gasteiger partial charge in [0, 0.05) is 12.8 Å². The number of rotatable bonds is 57. The molecule has 1 amide bonds. The minimum Gasteiger partial charge on any atom is -0.456 e. The molecule has 0 radical (unpaired) electrons. The van der Waals surface area contributed by atoms with Gasteiger partial charge in [0.15, 0.2) is 0 Å². The van der Waals surface area contributed by atoms with E-state index < -0.39 is 20.0 Å². The van der Waals surface area contributed by atoms with Crippen LogP contribution in [0.3, 0.4) is 0 Å². The minimum absolute atomic E-state index is 0.0379. The third-order valence-corrected chi connectivity index (χ3v) is 14.9. The fourth-order valence-corrected chi connectivity index (χ4v) is 9.80. The van der Waals surface area contributed by atoms with Crippen molar-refractivity contribution in [3.05, 3.63) is 60.8 Å². The fourth-order valence-electron chi connectivity index (χ4n) is 9.07. The van der Waals surface area contributed by atoms with Crippen LogP contribution in [0.2, 0.25) is 0 Å². The lowest BCUT2D eigenvalue weighted by atomic mass is 10.0. The lowest BCUT2D eigenvalue weighted by Crippen LogP contribution is -2.47. The zero-order valence-electron chi connectivity index (χ0n) is 50.0. The van der Waals surface area contributed by atoms with Gasteiger partial charge in [-0.3, -0.25) is 18.6 Å². The third-order valence-electron chi connectivity index (χ3n) is 13.9. The van der Waals surface area contributed by atoms with Gasteiger partial charge in [0.25, 0.3) is 0 Å². The quantitative estimate of drug-likeness (QED) is 0.0205. The van der Waals surface area contributed by atoms with Crippen molar-refractivity contribution in [3.63, 3.8) is 0 Å². The van der Waals surface area contributed by atoms with Gasteiger partial charge < -0.3 is 19.4 Å². The molecule has 438 valence electrons. The van der Waals surface area contributed by atoms with Gasteiger partial charge in [-0.1, -0.05) is 249 Å². The highest BCUT2D eigenvalue weighted by Crippen LogP contribution is 2.43. The summed E-state index contributed by atoms with van der Waals surface area (Å²) in [5.74, 6) is -0.509. The molecule has 2 N–H and O–H groups in total. The van der Waals surface area contributed by atoms with Gasteiger partial charge in [-0.15, -0.1) is 0 Å². The van der Waals surface area contributed by atoms with E-state index in [9.17, 15) is 19.0 Å². The molecule has 0 saturated carbocycles. The molecular weight excluding hydrogens is 952 g/mol. The zero-order chi connectivity index (χ0) is 55.0. The number of nitrogens with one attached hydrogen (secondary N) is 1. The number of quaternary nitrogens is 1. The van der Waals surface area contributed by atoms with E-state index in [1.165, 1.54) is 167 Å². The highest BCUT2D eigenvalue weighted by Gasteiger charge is 2.30. The maximum absolute atomic E-state index is 13.5. The molecule has 0 spiro atoms. The Kier molecular flexibility index (Phi) is 53.4. The number of amides is 1. The van der Waals surface area contributed by atoms with Gasteiger partial charge in [0.2, 0.25) is 5.91 Å². The highest BCUT2D eigenvalue weighted by atomic mass is 31.2. The van der Waals surface area contributed by atoms with E-state index in [4.69, 9.17) is 13.8 Å². The molecule has 0 aliphatic heterocycles. The van der Waals surface area contributed by atoms with E-state index in [2.05, 4.69) is 74.7 Å². The Bertz CT molecular complexity index is 1470. The Morgan fingerprint density at radius 3 is 1.29 bits per heavy atom. The summed E-state index contributed by atoms with van der Waals surface area (Å²) in [6, 6.07) is -0.852. The van der Waals surface area contributed by atoms with Crippen molar-refractivity contribution < 1.29 is 37.3 Å². The first-order valence-electron chi connectivity index (χ1n) is 31.6. The molecule has 3 unspecified atom stereocenters. The van der Waals surface area contributed by atoms with Crippen LogP contribution in [0.15, 0.2) is 60.8 Å². The molecule has 0 aliphatic rings. The molecule has 9 nitrogen and oxygen atoms in total. The van der Waals surface area contributed by atoms with Gasteiger partial charge in [-0.2, -0.15) is 0 Å². The zero-order valence-corrected chi connectivity index (χ0v) is 50.9. The lowest BCUT2D eigenvalue weighted by molar-refractivity contribution is -0.870. The second-order valence-corrected chi connectivity index (χ2v) is 24.0. The van der Waals surface area contributed by atoms with Crippen molar-refractivity contribution in [1.82, 2.24) is 5.32 Å². The SMILES string of the molecule is CC/C=C/C/C=C/CCCCCCCCCC(=O)NC(COP(=O)(O)OCC[N+](C)(C)C)C(/C=C\CCCCCCCCCCCC)OC(=O)CCCCCCCCCCCCCCC/C=C\C/C=C\CCCCC. The van der Waals surface area contributed by atoms with Crippen molar-refractivity contribution in [1.29, 1.82) is 0 Å². The van der Waals surface area contributed by atoms with Crippen LogP contribution in [0.4, 0.5) is 0 Å². The predicted octanol–water partition coefficient (Wildman–Crippen LogP) is 19.4. The first-order valence-corrected chi connectivity index (χ1v) is 33.1. The molecule has 0 saturated heterocycles. The first-order chi connectivity index (χ1) is 36.4. The summed E-state index contributed by atoms with van der Waals surface area (Å²) >= 11 is 0. The summed E-state index contributed by atoms with van der Waals surface area (Å²) < 4.78 is 30.7. The summed E-state index contributed by atoms with van der Waals surface area (Å²) in [6.07, 6.45) is 69.3. The van der Waals surface area contributed by atoms with Crippen LogP contribution in [-0.2, 0) is 27.9 Å². The lowest BCUT2D eigenvalue weighted by Gasteiger charge is -2.27. The van der Waals surface area contributed by atoms with Gasteiger partial charge in [0.05, 0.1) is 33.8 Å². The fraction of sp³-hybridized carbons (Fsp3) is 0.815. The monoisotopic (exact) mass is 1070 g/mol. The average Bonchev–Trinajstić information content (AvgIpc) is 3.37. The summed E-state index contributed by atoms with van der Waals surface area (Å²) in [5, 5.41) is 3.05. The summed E-state index contributed by atoms with van der Waals surface area (Å²) in [4.78, 5) is 37.7. The molecule has 0 aromatic carbocycles. The molecule has 0 heterocycles. The van der Waals surface area contributed by atoms with Crippen LogP contribution in [-0.4, -0.2) is 74.3 Å². The molecule has 0 rings (SSSR count). The number of unbranched alkanes of at least 4 members (excludes halogenated alkanes) is 33. The van der Waals surface area contributed by atoms with E-state index in [-0.39, 0.29) is 31.5 Å². The molecule has 0 bridgehead atoms. The van der Waals surface area contributed by atoms with Crippen molar-refractivity contribution in [2.24, 2.45) is 0 Å². The van der Waals surface area contributed by atoms with Gasteiger partial charge in [0.1, 0.15) is 19.3 Å². The van der Waals surface area contributed by atoms with Crippen molar-refractivity contribution >= 4 is 19.7 Å². The van der Waals surface area contributed by atoms with Crippen LogP contribution in [0.5, 0.6) is 0 Å². The van der Waals surface area contributed by atoms with E-state index in [0.717, 1.165) is 89.9 Å². The second-order valence-electron chi connectivity index (χ2n) is 22.5. The topological polar surface area (TPSA) is 111 Å². The highest BCUT2D eigenvalue weighted by molar-refractivity contribution is 7.47. The Labute approximate surface area is 464 Å². The number of hydrogen-bond donors (Lipinski definition) is 2. The smallest absolute Gasteiger partial charge is 0.456 e. The Balaban J connectivity index is 5.15. The van der Waals surface area contributed by atoms with E-state index in [1.54, 1.807) is 0 Å². The number of ether oxygens (including phenoxy) is 1. The number of carbonyl (C=O) groups excluding carboxylic acids is 2. The van der Waals surface area contributed by atoms with Gasteiger partial charge in [-0.25, -0.2) is 4.57 Å². The number of phosphoric ester groups is 1. The molecule has 75 heavy (non-hydrogen) atoms. The molecule has 0 aliphatic carbocycles. The van der Waals surface area contributed by atoms with E-state index in [0.29, 0.717) is 17.4 Å².